The first kappa shape index (κ1) is 59.7. The van der Waals surface area contributed by atoms with Gasteiger partial charge in [0.1, 0.15) is 6.04 Å². The maximum atomic E-state index is 13.1. The summed E-state index contributed by atoms with van der Waals surface area (Å²) in [7, 11) is 0. The average Bonchev–Trinajstić information content (AvgIpc) is 3.71. The quantitative estimate of drug-likeness (QED) is 0.0436. The molecule has 0 aliphatic rings. The number of Topliss-reactive ketones (excluding diaryl/α,β-unsaturated/α-hetero) is 1. The molecule has 3 unspecified atom stereocenters. The van der Waals surface area contributed by atoms with E-state index in [-0.39, 0.29) is 74.5 Å². The maximum absolute atomic E-state index is 13.1. The van der Waals surface area contributed by atoms with E-state index in [1.54, 1.807) is 27.7 Å². The number of aryl methyl sites for hydroxylation is 1. The zero-order valence-corrected chi connectivity index (χ0v) is 40.4. The van der Waals surface area contributed by atoms with E-state index in [2.05, 4.69) is 50.7 Å². The van der Waals surface area contributed by atoms with Crippen molar-refractivity contribution >= 4 is 35.4 Å². The van der Waals surface area contributed by atoms with E-state index in [1.807, 2.05) is 10.9 Å². The van der Waals surface area contributed by atoms with Gasteiger partial charge in [-0.3, -0.25) is 28.7 Å². The highest BCUT2D eigenvalue weighted by Gasteiger charge is 2.29. The normalized spacial score (nSPS) is 12.8. The van der Waals surface area contributed by atoms with Gasteiger partial charge in [0.2, 0.25) is 23.6 Å². The molecule has 3 atom stereocenters. The summed E-state index contributed by atoms with van der Waals surface area (Å²) in [5.41, 5.74) is 12.1. The highest BCUT2D eigenvalue weighted by Crippen LogP contribution is 2.10. The van der Waals surface area contributed by atoms with Gasteiger partial charge in [-0.05, 0) is 50.4 Å². The zero-order valence-electron chi connectivity index (χ0n) is 40.4. The van der Waals surface area contributed by atoms with Crippen LogP contribution < -0.4 is 38.1 Å². The number of hydrogen-bond acceptors (Lipinski definition) is 15. The number of primary amides is 1. The highest BCUT2D eigenvalue weighted by atomic mass is 16.5. The number of ether oxygens (including phenoxy) is 6. The fraction of sp³-hybridized carbons (Fsp3) is 0.818. The van der Waals surface area contributed by atoms with Crippen LogP contribution in [-0.4, -0.2) is 167 Å². The summed E-state index contributed by atoms with van der Waals surface area (Å²) in [6.07, 6.45) is 6.14. The van der Waals surface area contributed by atoms with Gasteiger partial charge >= 0.3 is 6.03 Å². The number of nitrogens with zero attached hydrogens (tertiary/aromatic N) is 3. The van der Waals surface area contributed by atoms with Crippen LogP contribution in [0.3, 0.4) is 0 Å². The molecule has 1 heterocycles. The lowest BCUT2D eigenvalue weighted by molar-refractivity contribution is -0.133. The van der Waals surface area contributed by atoms with E-state index >= 15 is 0 Å². The Balaban J connectivity index is 1.96. The Morgan fingerprint density at radius 3 is 1.71 bits per heavy atom. The van der Waals surface area contributed by atoms with Crippen molar-refractivity contribution in [2.24, 2.45) is 29.2 Å². The first-order valence-corrected chi connectivity index (χ1v) is 23.4. The van der Waals surface area contributed by atoms with Gasteiger partial charge < -0.3 is 66.5 Å². The summed E-state index contributed by atoms with van der Waals surface area (Å²) in [6, 6.07) is -2.84. The second-order valence-corrected chi connectivity index (χ2v) is 16.8. The summed E-state index contributed by atoms with van der Waals surface area (Å²) in [5, 5.41) is 21.9. The lowest BCUT2D eigenvalue weighted by atomic mass is 9.96. The molecule has 1 aromatic heterocycles. The predicted molar refractivity (Wildman–Crippen MR) is 246 cm³/mol. The van der Waals surface area contributed by atoms with Gasteiger partial charge in [0.25, 0.3) is 0 Å². The third-order valence-corrected chi connectivity index (χ3v) is 9.71. The van der Waals surface area contributed by atoms with Crippen molar-refractivity contribution in [2.45, 2.75) is 118 Å². The molecule has 380 valence electrons. The van der Waals surface area contributed by atoms with Crippen molar-refractivity contribution in [1.82, 2.24) is 41.6 Å². The molecule has 22 nitrogen and oxygen atoms in total. The van der Waals surface area contributed by atoms with Crippen molar-refractivity contribution < 1.29 is 57.2 Å². The highest BCUT2D eigenvalue weighted by molar-refractivity contribution is 5.93. The van der Waals surface area contributed by atoms with Crippen LogP contribution in [0.25, 0.3) is 0 Å². The Bertz CT molecular complexity index is 1500. The molecule has 0 fully saturated rings. The fourth-order valence-electron chi connectivity index (χ4n) is 6.12. The van der Waals surface area contributed by atoms with Crippen LogP contribution in [0, 0.1) is 17.8 Å². The van der Waals surface area contributed by atoms with Crippen molar-refractivity contribution in [3.8, 4) is 0 Å². The first-order chi connectivity index (χ1) is 31.6. The van der Waals surface area contributed by atoms with Gasteiger partial charge in [0, 0.05) is 51.1 Å². The molecule has 9 N–H and O–H groups in total. The molecule has 0 radical (unpaired) electrons. The van der Waals surface area contributed by atoms with E-state index in [0.717, 1.165) is 31.5 Å². The molecular weight excluding hydrogens is 861 g/mol. The number of aromatic nitrogens is 3. The lowest BCUT2D eigenvalue weighted by Crippen LogP contribution is -2.54. The lowest BCUT2D eigenvalue weighted by Gasteiger charge is -2.26. The monoisotopic (exact) mass is 943 g/mol. The van der Waals surface area contributed by atoms with Crippen molar-refractivity contribution in [3.05, 3.63) is 11.9 Å². The van der Waals surface area contributed by atoms with Gasteiger partial charge in [-0.1, -0.05) is 46.8 Å². The van der Waals surface area contributed by atoms with Gasteiger partial charge in [0.05, 0.1) is 97.1 Å². The number of hydrogen-bond donors (Lipinski definition) is 7. The molecule has 0 spiro atoms. The van der Waals surface area contributed by atoms with Crippen LogP contribution >= 0.6 is 0 Å². The Kier molecular flexibility index (Phi) is 34.1. The maximum Gasteiger partial charge on any atom is 0.312 e. The number of rotatable bonds is 42. The molecule has 6 amide bonds. The topological polar surface area (TPSA) is 301 Å². The number of carbonyl (C=O) groups excluding carboxylic acids is 6. The summed E-state index contributed by atoms with van der Waals surface area (Å²) in [5.74, 6) is -1.33. The predicted octanol–water partition coefficient (Wildman–Crippen LogP) is 0.386. The summed E-state index contributed by atoms with van der Waals surface area (Å²) < 4.78 is 34.7. The molecule has 1 aromatic rings. The van der Waals surface area contributed by atoms with Crippen LogP contribution in [-0.2, 0) is 65.4 Å². The van der Waals surface area contributed by atoms with E-state index in [9.17, 15) is 28.8 Å². The largest absolute Gasteiger partial charge is 0.379 e. The number of nitrogens with one attached hydrogen (secondary N) is 5. The molecule has 1 rings (SSSR count). The third-order valence-electron chi connectivity index (χ3n) is 9.71. The Hall–Kier alpha value is -4.32. The van der Waals surface area contributed by atoms with Crippen LogP contribution in [0.4, 0.5) is 4.79 Å². The van der Waals surface area contributed by atoms with E-state index in [0.29, 0.717) is 97.7 Å². The minimum Gasteiger partial charge on any atom is -0.379 e. The number of ketones is 1. The molecule has 0 aromatic carbocycles. The second kappa shape index (κ2) is 37.7. The molecule has 0 saturated carbocycles. The second-order valence-electron chi connectivity index (χ2n) is 16.8. The van der Waals surface area contributed by atoms with E-state index in [1.165, 1.54) is 0 Å². The van der Waals surface area contributed by atoms with Gasteiger partial charge in [-0.25, -0.2) is 4.79 Å². The first-order valence-electron chi connectivity index (χ1n) is 23.4. The van der Waals surface area contributed by atoms with Gasteiger partial charge in [-0.2, -0.15) is 0 Å². The number of unbranched alkanes of at least 4 members (excludes halogenated alkanes) is 1. The van der Waals surface area contributed by atoms with Gasteiger partial charge in [-0.15, -0.1) is 5.10 Å². The molecular formula is C44H82N10O12. The number of amides is 6. The van der Waals surface area contributed by atoms with Crippen molar-refractivity contribution in [1.29, 1.82) is 0 Å². The van der Waals surface area contributed by atoms with E-state index in [4.69, 9.17) is 39.9 Å². The minimum atomic E-state index is -0.848. The third kappa shape index (κ3) is 31.6. The summed E-state index contributed by atoms with van der Waals surface area (Å²) in [4.78, 5) is 73.6. The Morgan fingerprint density at radius 2 is 1.17 bits per heavy atom. The van der Waals surface area contributed by atoms with Gasteiger partial charge in [0.15, 0.2) is 5.78 Å². The standard InChI is InChI=1S/C44H82N10O12/c1-32(2)30-35-31-54(53-52-35)17-8-7-10-36(45)42(58)48-16-21-64-25-29-65-26-22-61-18-12-38(55)47-15-20-63-24-28-66-27-23-62-19-13-39(56)51-40(33(3)4)43(59)50-37(41(57)34(5)6)11-9-14-49-44(46)60/h31-34,36-37,40H,7-30,45H2,1-6H3,(H,47,55)(H,48,58)(H,50,59)(H,51,56)(H3,46,49,60). The van der Waals surface area contributed by atoms with Crippen LogP contribution in [0.15, 0.2) is 6.20 Å². The van der Waals surface area contributed by atoms with Crippen LogP contribution in [0.5, 0.6) is 0 Å². The summed E-state index contributed by atoms with van der Waals surface area (Å²) in [6.45, 7) is 16.8. The molecule has 0 aliphatic carbocycles. The van der Waals surface area contributed by atoms with Crippen molar-refractivity contribution in [2.75, 3.05) is 98.9 Å². The van der Waals surface area contributed by atoms with E-state index < -0.39 is 30.1 Å². The van der Waals surface area contributed by atoms with Crippen molar-refractivity contribution in [3.63, 3.8) is 0 Å². The molecule has 0 aliphatic heterocycles. The van der Waals surface area contributed by atoms with Crippen LogP contribution in [0.2, 0.25) is 0 Å². The molecule has 0 bridgehead atoms. The molecule has 22 heteroatoms. The SMILES string of the molecule is CC(C)Cc1cn(CCCCC(N)C(=O)NCCOCCOCCOCCC(=O)NCCOCCOCCOCCC(=O)NC(C(=O)NC(CCCNC(N)=O)C(=O)C(C)C)C(C)C)nn1. The van der Waals surface area contributed by atoms with Crippen LogP contribution in [0.1, 0.15) is 92.2 Å². The number of urea groups is 1. The number of carbonyl (C=O) groups is 6. The fourth-order valence-corrected chi connectivity index (χ4v) is 6.12. The number of nitrogens with two attached hydrogens (primary N) is 2. The Morgan fingerprint density at radius 1 is 0.621 bits per heavy atom. The minimum absolute atomic E-state index is 0.0337. The summed E-state index contributed by atoms with van der Waals surface area (Å²) >= 11 is 0. The molecule has 66 heavy (non-hydrogen) atoms. The smallest absolute Gasteiger partial charge is 0.312 e. The zero-order chi connectivity index (χ0) is 49.0. The average molecular weight is 943 g/mol. The molecule has 0 saturated heterocycles. The Labute approximate surface area is 391 Å².